The lowest BCUT2D eigenvalue weighted by molar-refractivity contribution is -0.139. The first-order chi connectivity index (χ1) is 16.5. The maximum absolute atomic E-state index is 13.5. The van der Waals surface area contributed by atoms with Crippen molar-refractivity contribution in [3.05, 3.63) is 105 Å². The Hall–Kier alpha value is -3.93. The van der Waals surface area contributed by atoms with Gasteiger partial charge in [-0.3, -0.25) is 9.59 Å². The van der Waals surface area contributed by atoms with Crippen LogP contribution in [0.5, 0.6) is 0 Å². The molecule has 0 radical (unpaired) electrons. The minimum absolute atomic E-state index is 0.0617. The van der Waals surface area contributed by atoms with Gasteiger partial charge >= 0.3 is 5.97 Å². The summed E-state index contributed by atoms with van der Waals surface area (Å²) in [4.78, 5) is 39.9. The highest BCUT2D eigenvalue weighted by Gasteiger charge is 2.40. The Morgan fingerprint density at radius 3 is 2.65 bits per heavy atom. The number of dihydropyridines is 1. The number of hydrogen-bond acceptors (Lipinski definition) is 6. The average molecular weight is 456 g/mol. The highest BCUT2D eigenvalue weighted by atomic mass is 16.5. The number of rotatable bonds is 5. The van der Waals surface area contributed by atoms with Crippen LogP contribution in [0.1, 0.15) is 43.2 Å². The van der Waals surface area contributed by atoms with Gasteiger partial charge in [-0.25, -0.2) is 4.79 Å². The second-order valence-corrected chi connectivity index (χ2v) is 8.65. The zero-order chi connectivity index (χ0) is 23.7. The molecule has 1 aliphatic heterocycles. The zero-order valence-electron chi connectivity index (χ0n) is 18.9. The van der Waals surface area contributed by atoms with Crippen LogP contribution < -0.4 is 10.7 Å². The van der Waals surface area contributed by atoms with Gasteiger partial charge in [-0.1, -0.05) is 42.5 Å². The molecule has 0 unspecified atom stereocenters. The summed E-state index contributed by atoms with van der Waals surface area (Å²) < 4.78 is 11.4. The van der Waals surface area contributed by atoms with Crippen molar-refractivity contribution in [3.8, 4) is 0 Å². The first kappa shape index (κ1) is 21.9. The van der Waals surface area contributed by atoms with Crippen LogP contribution in [-0.4, -0.2) is 18.4 Å². The van der Waals surface area contributed by atoms with Crippen molar-refractivity contribution in [2.75, 3.05) is 6.61 Å². The largest absolute Gasteiger partial charge is 0.464 e. The molecule has 172 valence electrons. The molecule has 0 spiro atoms. The minimum atomic E-state index is -0.825. The van der Waals surface area contributed by atoms with E-state index in [4.69, 9.17) is 9.15 Å². The van der Waals surface area contributed by atoms with Crippen LogP contribution in [-0.2, 0) is 20.7 Å². The van der Waals surface area contributed by atoms with Crippen molar-refractivity contribution in [3.63, 3.8) is 0 Å². The standard InChI is InChI=1S/C28H25NO5/c1-17-24(28(32)33-15-14-18-8-3-2-4-9-18)25(26-21(29-17)11-7-12-22(26)30)20-16-34-23-13-6-5-10-19(23)27(20)31/h2-6,8-10,13,16,25,29H,7,11-12,14-15H2,1H3/t25-/m0/s1. The predicted molar refractivity (Wildman–Crippen MR) is 128 cm³/mol. The number of benzene rings is 2. The lowest BCUT2D eigenvalue weighted by Crippen LogP contribution is -2.36. The summed E-state index contributed by atoms with van der Waals surface area (Å²) in [5.74, 6) is -1.43. The van der Waals surface area contributed by atoms with Crippen LogP contribution in [0.3, 0.4) is 0 Å². The molecule has 3 aromatic rings. The topological polar surface area (TPSA) is 85.6 Å². The molecule has 1 aromatic heterocycles. The molecule has 1 aliphatic carbocycles. The number of carbonyl (C=O) groups is 2. The second kappa shape index (κ2) is 9.14. The van der Waals surface area contributed by atoms with E-state index in [0.717, 1.165) is 17.7 Å². The number of Topliss-reactive ketones (excluding diaryl/α,β-unsaturated/α-hetero) is 1. The summed E-state index contributed by atoms with van der Waals surface area (Å²) in [6.07, 6.45) is 3.75. The monoisotopic (exact) mass is 455 g/mol. The van der Waals surface area contributed by atoms with Gasteiger partial charge in [-0.05, 0) is 37.5 Å². The van der Waals surface area contributed by atoms with Crippen molar-refractivity contribution < 1.29 is 18.7 Å². The van der Waals surface area contributed by atoms with Crippen LogP contribution in [0.25, 0.3) is 11.0 Å². The van der Waals surface area contributed by atoms with Crippen molar-refractivity contribution in [1.29, 1.82) is 0 Å². The van der Waals surface area contributed by atoms with E-state index in [1.54, 1.807) is 31.2 Å². The molecule has 6 nitrogen and oxygen atoms in total. The SMILES string of the molecule is CC1=C(C(=O)OCCc2ccccc2)[C@H](c2coc3ccccc3c2=O)C2=C(CCCC2=O)N1. The Balaban J connectivity index is 1.54. The molecular formula is C28H25NO5. The molecular weight excluding hydrogens is 430 g/mol. The number of fused-ring (bicyclic) bond motifs is 1. The minimum Gasteiger partial charge on any atom is -0.464 e. The third-order valence-corrected chi connectivity index (χ3v) is 6.48. The van der Waals surface area contributed by atoms with E-state index in [-0.39, 0.29) is 29.0 Å². The molecule has 0 bridgehead atoms. The highest BCUT2D eigenvalue weighted by Crippen LogP contribution is 2.41. The van der Waals surface area contributed by atoms with Gasteiger partial charge in [0, 0.05) is 35.4 Å². The molecule has 0 amide bonds. The molecule has 6 heteroatoms. The van der Waals surface area contributed by atoms with Gasteiger partial charge in [0.2, 0.25) is 0 Å². The summed E-state index contributed by atoms with van der Waals surface area (Å²) in [5.41, 5.74) is 3.66. The molecule has 34 heavy (non-hydrogen) atoms. The summed E-state index contributed by atoms with van der Waals surface area (Å²) in [6.45, 7) is 1.98. The number of hydrogen-bond donors (Lipinski definition) is 1. The fourth-order valence-corrected chi connectivity index (χ4v) is 4.84. The normalized spacial score (nSPS) is 18.0. The Morgan fingerprint density at radius 1 is 1.06 bits per heavy atom. The third kappa shape index (κ3) is 3.96. The van der Waals surface area contributed by atoms with Gasteiger partial charge in [0.05, 0.1) is 29.7 Å². The van der Waals surface area contributed by atoms with Gasteiger partial charge in [-0.2, -0.15) is 0 Å². The number of para-hydroxylation sites is 1. The first-order valence-electron chi connectivity index (χ1n) is 11.5. The van der Waals surface area contributed by atoms with Crippen LogP contribution >= 0.6 is 0 Å². The quantitative estimate of drug-likeness (QED) is 0.568. The third-order valence-electron chi connectivity index (χ3n) is 6.48. The van der Waals surface area contributed by atoms with E-state index in [9.17, 15) is 14.4 Å². The summed E-state index contributed by atoms with van der Waals surface area (Å²) in [7, 11) is 0. The summed E-state index contributed by atoms with van der Waals surface area (Å²) >= 11 is 0. The molecule has 0 fully saturated rings. The lowest BCUT2D eigenvalue weighted by Gasteiger charge is -2.33. The molecule has 0 saturated heterocycles. The van der Waals surface area contributed by atoms with E-state index in [1.807, 2.05) is 30.3 Å². The lowest BCUT2D eigenvalue weighted by atomic mass is 9.75. The molecule has 2 aliphatic rings. The van der Waals surface area contributed by atoms with Crippen LogP contribution in [0, 0.1) is 0 Å². The molecule has 5 rings (SSSR count). The Labute approximate surface area is 196 Å². The number of nitrogens with one attached hydrogen (secondary N) is 1. The van der Waals surface area contributed by atoms with Crippen molar-refractivity contribution in [1.82, 2.24) is 5.32 Å². The van der Waals surface area contributed by atoms with Crippen LogP contribution in [0.15, 0.2) is 92.6 Å². The molecule has 2 aromatic carbocycles. The van der Waals surface area contributed by atoms with Gasteiger partial charge in [0.25, 0.3) is 0 Å². The molecule has 2 heterocycles. The van der Waals surface area contributed by atoms with E-state index in [1.165, 1.54) is 6.26 Å². The van der Waals surface area contributed by atoms with Gasteiger partial charge in [0.15, 0.2) is 11.2 Å². The van der Waals surface area contributed by atoms with Gasteiger partial charge in [0.1, 0.15) is 5.58 Å². The number of ether oxygens (including phenoxy) is 1. The maximum atomic E-state index is 13.5. The Bertz CT molecular complexity index is 1400. The van der Waals surface area contributed by atoms with E-state index in [2.05, 4.69) is 5.32 Å². The van der Waals surface area contributed by atoms with Crippen molar-refractivity contribution in [2.45, 2.75) is 38.5 Å². The number of ketones is 1. The number of allylic oxidation sites excluding steroid dienone is 3. The van der Waals surface area contributed by atoms with Crippen LogP contribution in [0.4, 0.5) is 0 Å². The van der Waals surface area contributed by atoms with Gasteiger partial charge in [-0.15, -0.1) is 0 Å². The van der Waals surface area contributed by atoms with Gasteiger partial charge < -0.3 is 14.5 Å². The molecule has 1 atom stereocenters. The average Bonchev–Trinajstić information content (AvgIpc) is 2.84. The van der Waals surface area contributed by atoms with E-state index in [0.29, 0.717) is 41.5 Å². The zero-order valence-corrected chi connectivity index (χ0v) is 18.9. The maximum Gasteiger partial charge on any atom is 0.336 e. The fraction of sp³-hybridized carbons (Fsp3) is 0.250. The van der Waals surface area contributed by atoms with Crippen molar-refractivity contribution >= 4 is 22.7 Å². The fourth-order valence-electron chi connectivity index (χ4n) is 4.84. The summed E-state index contributed by atoms with van der Waals surface area (Å²) in [5, 5.41) is 3.66. The number of esters is 1. The number of carbonyl (C=O) groups excluding carboxylic acids is 2. The second-order valence-electron chi connectivity index (χ2n) is 8.65. The van der Waals surface area contributed by atoms with E-state index < -0.39 is 11.9 Å². The predicted octanol–water partition coefficient (Wildman–Crippen LogP) is 4.55. The Morgan fingerprint density at radius 2 is 1.82 bits per heavy atom. The smallest absolute Gasteiger partial charge is 0.336 e. The summed E-state index contributed by atoms with van der Waals surface area (Å²) in [6, 6.07) is 16.7. The first-order valence-corrected chi connectivity index (χ1v) is 11.5. The highest BCUT2D eigenvalue weighted by molar-refractivity contribution is 6.04. The molecule has 0 saturated carbocycles. The van der Waals surface area contributed by atoms with E-state index >= 15 is 0 Å². The molecule has 1 N–H and O–H groups in total. The van der Waals surface area contributed by atoms with Crippen molar-refractivity contribution in [2.24, 2.45) is 0 Å². The Kier molecular flexibility index (Phi) is 5.88. The van der Waals surface area contributed by atoms with Crippen LogP contribution in [0.2, 0.25) is 0 Å².